The third-order valence-corrected chi connectivity index (χ3v) is 5.54. The van der Waals surface area contributed by atoms with Gasteiger partial charge in [-0.25, -0.2) is 0 Å². The van der Waals surface area contributed by atoms with Crippen molar-refractivity contribution in [2.45, 2.75) is 84.0 Å². The van der Waals surface area contributed by atoms with Crippen LogP contribution in [-0.2, 0) is 9.47 Å². The second-order valence-electron chi connectivity index (χ2n) is 7.57. The molecule has 122 valence electrons. The fraction of sp³-hybridized carbons (Fsp3) is 0.700. The molecule has 0 unspecified atom stereocenters. The first kappa shape index (κ1) is 16.0. The molecule has 0 bridgehead atoms. The first-order chi connectivity index (χ1) is 10.5. The summed E-state index contributed by atoms with van der Waals surface area (Å²) in [5, 5.41) is 0. The molecule has 0 radical (unpaired) electrons. The predicted octanol–water partition coefficient (Wildman–Crippen LogP) is 5.11. The molecule has 22 heavy (non-hydrogen) atoms. The number of ether oxygens (including phenoxy) is 2. The lowest BCUT2D eigenvalue weighted by molar-refractivity contribution is 0.0929. The van der Waals surface area contributed by atoms with Crippen molar-refractivity contribution in [3.05, 3.63) is 34.4 Å². The third-order valence-electron chi connectivity index (χ3n) is 5.54. The van der Waals surface area contributed by atoms with Gasteiger partial charge in [-0.05, 0) is 77.4 Å². The van der Waals surface area contributed by atoms with E-state index in [4.69, 9.17) is 9.47 Å². The molecule has 2 heterocycles. The fourth-order valence-corrected chi connectivity index (χ4v) is 3.80. The minimum Gasteiger partial charge on any atom is -0.367 e. The maximum absolute atomic E-state index is 6.10. The van der Waals surface area contributed by atoms with Crippen LogP contribution in [0.5, 0.6) is 0 Å². The summed E-state index contributed by atoms with van der Waals surface area (Å²) in [5.74, 6) is 0. The molecular formula is C20H30O2. The summed E-state index contributed by atoms with van der Waals surface area (Å²) < 4.78 is 12.2. The number of epoxide rings is 1. The van der Waals surface area contributed by atoms with Crippen molar-refractivity contribution in [1.82, 2.24) is 0 Å². The average molecular weight is 302 g/mol. The molecule has 2 heteroatoms. The molecule has 1 aliphatic carbocycles. The average Bonchev–Trinajstić information content (AvgIpc) is 2.98. The smallest absolute Gasteiger partial charge is 0.117 e. The second-order valence-corrected chi connectivity index (χ2v) is 7.57. The SMILES string of the molecule is CC1=C2CC/C(C)=C/CC/C(C)=C/CC[C@]3(C)O[C@H]3[C@@H]2OC1. The molecule has 0 aromatic carbocycles. The van der Waals surface area contributed by atoms with Crippen LogP contribution in [0, 0.1) is 0 Å². The summed E-state index contributed by atoms with van der Waals surface area (Å²) >= 11 is 0. The summed E-state index contributed by atoms with van der Waals surface area (Å²) in [6.45, 7) is 9.80. The van der Waals surface area contributed by atoms with Crippen LogP contribution in [0.4, 0.5) is 0 Å². The third kappa shape index (κ3) is 3.38. The van der Waals surface area contributed by atoms with Gasteiger partial charge >= 0.3 is 0 Å². The lowest BCUT2D eigenvalue weighted by atomic mass is 9.90. The molecule has 3 aliphatic rings. The van der Waals surface area contributed by atoms with Crippen molar-refractivity contribution in [1.29, 1.82) is 0 Å². The van der Waals surface area contributed by atoms with E-state index < -0.39 is 0 Å². The lowest BCUT2D eigenvalue weighted by Gasteiger charge is -2.16. The second kappa shape index (κ2) is 6.33. The van der Waals surface area contributed by atoms with Gasteiger partial charge in [0.15, 0.2) is 0 Å². The first-order valence-corrected chi connectivity index (χ1v) is 8.79. The molecular weight excluding hydrogens is 272 g/mol. The Morgan fingerprint density at radius 3 is 2.55 bits per heavy atom. The highest BCUT2D eigenvalue weighted by Gasteiger charge is 2.57. The largest absolute Gasteiger partial charge is 0.367 e. The van der Waals surface area contributed by atoms with Crippen molar-refractivity contribution < 1.29 is 9.47 Å². The van der Waals surface area contributed by atoms with E-state index in [0.717, 1.165) is 32.3 Å². The maximum Gasteiger partial charge on any atom is 0.117 e. The molecule has 1 saturated heterocycles. The van der Waals surface area contributed by atoms with E-state index in [2.05, 4.69) is 39.8 Å². The highest BCUT2D eigenvalue weighted by molar-refractivity contribution is 5.28. The molecule has 2 aliphatic heterocycles. The molecule has 1 fully saturated rings. The topological polar surface area (TPSA) is 21.8 Å². The molecule has 0 spiro atoms. The summed E-state index contributed by atoms with van der Waals surface area (Å²) in [6, 6.07) is 0. The van der Waals surface area contributed by atoms with Gasteiger partial charge in [0.2, 0.25) is 0 Å². The van der Waals surface area contributed by atoms with Crippen LogP contribution in [0.25, 0.3) is 0 Å². The zero-order chi connectivity index (χ0) is 15.7. The van der Waals surface area contributed by atoms with Crippen LogP contribution in [0.3, 0.4) is 0 Å². The molecule has 0 saturated carbocycles. The van der Waals surface area contributed by atoms with Gasteiger partial charge in [0.1, 0.15) is 12.2 Å². The van der Waals surface area contributed by atoms with E-state index in [1.54, 1.807) is 0 Å². The number of fused-ring (bicyclic) bond motifs is 3. The van der Waals surface area contributed by atoms with Crippen LogP contribution in [0.1, 0.15) is 66.2 Å². The van der Waals surface area contributed by atoms with Gasteiger partial charge in [-0.3, -0.25) is 0 Å². The zero-order valence-corrected chi connectivity index (χ0v) is 14.6. The van der Waals surface area contributed by atoms with E-state index in [0.29, 0.717) is 0 Å². The molecule has 0 aromatic rings. The summed E-state index contributed by atoms with van der Waals surface area (Å²) in [5.41, 5.74) is 5.97. The van der Waals surface area contributed by atoms with E-state index >= 15 is 0 Å². The van der Waals surface area contributed by atoms with E-state index in [1.807, 2.05) is 0 Å². The monoisotopic (exact) mass is 302 g/mol. The van der Waals surface area contributed by atoms with Crippen LogP contribution < -0.4 is 0 Å². The Morgan fingerprint density at radius 2 is 1.73 bits per heavy atom. The number of rotatable bonds is 0. The number of hydrogen-bond donors (Lipinski definition) is 0. The van der Waals surface area contributed by atoms with Crippen molar-refractivity contribution in [2.24, 2.45) is 0 Å². The van der Waals surface area contributed by atoms with Crippen LogP contribution in [0.2, 0.25) is 0 Å². The van der Waals surface area contributed by atoms with Crippen LogP contribution in [0.15, 0.2) is 34.4 Å². The van der Waals surface area contributed by atoms with Gasteiger partial charge in [-0.1, -0.05) is 23.3 Å². The first-order valence-electron chi connectivity index (χ1n) is 8.79. The lowest BCUT2D eigenvalue weighted by Crippen LogP contribution is -2.24. The Hall–Kier alpha value is -0.860. The Morgan fingerprint density at radius 1 is 1.00 bits per heavy atom. The van der Waals surface area contributed by atoms with Crippen LogP contribution in [-0.4, -0.2) is 24.4 Å². The standard InChI is InChI=1S/C20H30O2/c1-14-7-5-8-15(2)10-11-17-16(3)13-21-18(17)19-20(4,22-19)12-6-9-14/h8-9,18-19H,5-7,10-13H2,1-4H3/b14-9+,15-8+/t18-,19+,20+/m1/s1. The summed E-state index contributed by atoms with van der Waals surface area (Å²) in [4.78, 5) is 0. The zero-order valence-electron chi connectivity index (χ0n) is 14.6. The van der Waals surface area contributed by atoms with Gasteiger partial charge in [0, 0.05) is 0 Å². The van der Waals surface area contributed by atoms with Crippen LogP contribution >= 0.6 is 0 Å². The predicted molar refractivity (Wildman–Crippen MR) is 90.9 cm³/mol. The van der Waals surface area contributed by atoms with Gasteiger partial charge in [-0.15, -0.1) is 0 Å². The van der Waals surface area contributed by atoms with E-state index in [1.165, 1.54) is 35.1 Å². The summed E-state index contributed by atoms with van der Waals surface area (Å²) in [7, 11) is 0. The van der Waals surface area contributed by atoms with Crippen molar-refractivity contribution in [2.75, 3.05) is 6.61 Å². The van der Waals surface area contributed by atoms with Crippen molar-refractivity contribution in [3.8, 4) is 0 Å². The minimum absolute atomic E-state index is 0.0202. The Bertz CT molecular complexity index is 526. The van der Waals surface area contributed by atoms with E-state index in [-0.39, 0.29) is 17.8 Å². The molecule has 3 rings (SSSR count). The van der Waals surface area contributed by atoms with E-state index in [9.17, 15) is 0 Å². The Labute approximate surface area is 135 Å². The highest BCUT2D eigenvalue weighted by atomic mass is 16.6. The van der Waals surface area contributed by atoms with Gasteiger partial charge in [0.25, 0.3) is 0 Å². The minimum atomic E-state index is 0.0202. The normalized spacial score (nSPS) is 41.6. The Kier molecular flexibility index (Phi) is 4.61. The number of hydrogen-bond acceptors (Lipinski definition) is 2. The molecule has 3 atom stereocenters. The molecule has 2 nitrogen and oxygen atoms in total. The quantitative estimate of drug-likeness (QED) is 0.458. The molecule has 0 aromatic heterocycles. The maximum atomic E-state index is 6.10. The highest BCUT2D eigenvalue weighted by Crippen LogP contribution is 2.47. The Balaban J connectivity index is 1.78. The molecule has 0 amide bonds. The van der Waals surface area contributed by atoms with Crippen molar-refractivity contribution in [3.63, 3.8) is 0 Å². The number of allylic oxidation sites excluding steroid dienone is 4. The van der Waals surface area contributed by atoms with Gasteiger partial charge in [-0.2, -0.15) is 0 Å². The van der Waals surface area contributed by atoms with Gasteiger partial charge < -0.3 is 9.47 Å². The summed E-state index contributed by atoms with van der Waals surface area (Å²) in [6.07, 6.45) is 12.1. The van der Waals surface area contributed by atoms with Gasteiger partial charge in [0.05, 0.1) is 12.2 Å². The van der Waals surface area contributed by atoms with Crippen molar-refractivity contribution >= 4 is 0 Å². The molecule has 0 N–H and O–H groups in total. The fourth-order valence-electron chi connectivity index (χ4n) is 3.80.